The molecule has 34 heavy (non-hydrogen) atoms. The summed E-state index contributed by atoms with van der Waals surface area (Å²) in [6, 6.07) is 6.42. The summed E-state index contributed by atoms with van der Waals surface area (Å²) in [6.45, 7) is 7.06. The van der Waals surface area contributed by atoms with Gasteiger partial charge < -0.3 is 15.0 Å². The maximum Gasteiger partial charge on any atom is 0.282 e. The Morgan fingerprint density at radius 2 is 1.91 bits per heavy atom. The van der Waals surface area contributed by atoms with E-state index >= 15 is 0 Å². The lowest BCUT2D eigenvalue weighted by molar-refractivity contribution is -0.385. The van der Waals surface area contributed by atoms with Crippen molar-refractivity contribution in [2.75, 3.05) is 18.0 Å². The summed E-state index contributed by atoms with van der Waals surface area (Å²) in [5.41, 5.74) is -0.0769. The number of imide groups is 1. The molecule has 0 aliphatic carbocycles. The zero-order valence-corrected chi connectivity index (χ0v) is 19.1. The van der Waals surface area contributed by atoms with E-state index in [1.165, 1.54) is 19.1 Å². The zero-order valence-electron chi connectivity index (χ0n) is 19.1. The highest BCUT2D eigenvalue weighted by atomic mass is 16.6. The number of morpholine rings is 1. The average Bonchev–Trinajstić information content (AvgIpc) is 3.06. The van der Waals surface area contributed by atoms with Gasteiger partial charge in [-0.15, -0.1) is 0 Å². The largest absolute Gasteiger partial charge is 0.372 e. The second-order valence-corrected chi connectivity index (χ2v) is 8.52. The minimum absolute atomic E-state index is 0.0783. The van der Waals surface area contributed by atoms with E-state index in [4.69, 9.17) is 4.74 Å². The van der Waals surface area contributed by atoms with Gasteiger partial charge in [0.1, 0.15) is 17.4 Å². The summed E-state index contributed by atoms with van der Waals surface area (Å²) in [4.78, 5) is 56.2. The first-order chi connectivity index (χ1) is 16.2. The van der Waals surface area contributed by atoms with Crippen molar-refractivity contribution >= 4 is 29.2 Å². The minimum Gasteiger partial charge on any atom is -0.372 e. The van der Waals surface area contributed by atoms with E-state index < -0.39 is 34.4 Å². The number of ether oxygens (including phenoxy) is 1. The third-order valence-corrected chi connectivity index (χ3v) is 5.91. The number of pyridine rings is 1. The molecule has 0 spiro atoms. The highest BCUT2D eigenvalue weighted by Gasteiger charge is 2.44. The lowest BCUT2D eigenvalue weighted by Gasteiger charge is -2.36. The van der Waals surface area contributed by atoms with E-state index in [2.05, 4.69) is 15.2 Å². The molecular formula is C23H25N5O6. The van der Waals surface area contributed by atoms with Crippen molar-refractivity contribution in [2.45, 2.75) is 45.6 Å². The molecule has 3 atom stereocenters. The van der Waals surface area contributed by atoms with Crippen molar-refractivity contribution < 1.29 is 24.0 Å². The fourth-order valence-corrected chi connectivity index (χ4v) is 4.32. The quantitative estimate of drug-likeness (QED) is 0.387. The molecule has 1 saturated heterocycles. The molecule has 4 rings (SSSR count). The van der Waals surface area contributed by atoms with E-state index in [9.17, 15) is 24.5 Å². The molecule has 11 nitrogen and oxygen atoms in total. The number of carbonyl (C=O) groups is 3. The van der Waals surface area contributed by atoms with Gasteiger partial charge in [0.2, 0.25) is 5.91 Å². The number of anilines is 1. The highest BCUT2D eigenvalue weighted by Crippen LogP contribution is 2.31. The Balaban J connectivity index is 1.40. The van der Waals surface area contributed by atoms with E-state index in [-0.39, 0.29) is 29.9 Å². The van der Waals surface area contributed by atoms with Crippen LogP contribution in [0.25, 0.3) is 0 Å². The van der Waals surface area contributed by atoms with Crippen LogP contribution in [0, 0.1) is 10.1 Å². The maximum absolute atomic E-state index is 12.8. The van der Waals surface area contributed by atoms with Gasteiger partial charge in [0.25, 0.3) is 17.5 Å². The predicted octanol–water partition coefficient (Wildman–Crippen LogP) is 1.90. The highest BCUT2D eigenvalue weighted by molar-refractivity contribution is 6.24. The number of hydrogen-bond acceptors (Lipinski definition) is 8. The molecular weight excluding hydrogens is 442 g/mol. The number of nitro benzene ring substituents is 1. The second kappa shape index (κ2) is 9.18. The molecule has 1 fully saturated rings. The van der Waals surface area contributed by atoms with Gasteiger partial charge in [-0.05, 0) is 38.5 Å². The number of benzene rings is 1. The van der Waals surface area contributed by atoms with Crippen LogP contribution >= 0.6 is 0 Å². The summed E-state index contributed by atoms with van der Waals surface area (Å²) in [5, 5.41) is 14.0. The number of amides is 3. The molecule has 3 unspecified atom stereocenters. The summed E-state index contributed by atoms with van der Waals surface area (Å²) in [7, 11) is 0. The van der Waals surface area contributed by atoms with Gasteiger partial charge >= 0.3 is 0 Å². The summed E-state index contributed by atoms with van der Waals surface area (Å²) >= 11 is 0. The molecule has 3 amide bonds. The first-order valence-corrected chi connectivity index (χ1v) is 11.0. The molecule has 1 aromatic carbocycles. The van der Waals surface area contributed by atoms with Crippen LogP contribution in [0.3, 0.4) is 0 Å². The second-order valence-electron chi connectivity index (χ2n) is 8.52. The third kappa shape index (κ3) is 4.34. The summed E-state index contributed by atoms with van der Waals surface area (Å²) in [6.07, 6.45) is 1.88. The van der Waals surface area contributed by atoms with Crippen molar-refractivity contribution in [1.82, 2.24) is 15.2 Å². The first kappa shape index (κ1) is 23.3. The molecule has 0 radical (unpaired) electrons. The van der Waals surface area contributed by atoms with Gasteiger partial charge in [0.15, 0.2) is 0 Å². The number of nitro groups is 1. The normalized spacial score (nSPS) is 20.8. The van der Waals surface area contributed by atoms with Gasteiger partial charge in [-0.1, -0.05) is 12.1 Å². The minimum atomic E-state index is -1.14. The summed E-state index contributed by atoms with van der Waals surface area (Å²) < 4.78 is 5.74. The number of hydrogen-bond donors (Lipinski definition) is 1. The van der Waals surface area contributed by atoms with Crippen molar-refractivity contribution in [2.24, 2.45) is 0 Å². The topological polar surface area (TPSA) is 135 Å². The Labute approximate surface area is 195 Å². The zero-order chi connectivity index (χ0) is 24.6. The van der Waals surface area contributed by atoms with Gasteiger partial charge in [0.05, 0.1) is 22.7 Å². The molecule has 3 heterocycles. The molecule has 1 aromatic heterocycles. The van der Waals surface area contributed by atoms with E-state index in [0.29, 0.717) is 0 Å². The molecule has 2 aromatic rings. The lowest BCUT2D eigenvalue weighted by Crippen LogP contribution is -2.47. The van der Waals surface area contributed by atoms with E-state index in [0.717, 1.165) is 35.4 Å². The van der Waals surface area contributed by atoms with Crippen LogP contribution in [0.1, 0.15) is 47.1 Å². The number of aromatic nitrogens is 1. The van der Waals surface area contributed by atoms with Gasteiger partial charge in [-0.3, -0.25) is 29.4 Å². The standard InChI is InChI=1S/C23H25N5O6/c1-13-11-26(12-14(2)34-13)19-8-7-16(9-24-19)10-25-21(29)15(3)27-22(30)17-5-4-6-18(28(32)33)20(17)23(27)31/h4-9,13-15H,10-12H2,1-3H3,(H,25,29). The van der Waals surface area contributed by atoms with Crippen molar-refractivity contribution in [3.8, 4) is 0 Å². The predicted molar refractivity (Wildman–Crippen MR) is 121 cm³/mol. The van der Waals surface area contributed by atoms with Gasteiger partial charge in [0, 0.05) is 31.9 Å². The van der Waals surface area contributed by atoms with E-state index in [1.807, 2.05) is 26.0 Å². The Kier molecular flexibility index (Phi) is 6.29. The van der Waals surface area contributed by atoms with Crippen LogP contribution in [0.2, 0.25) is 0 Å². The number of rotatable bonds is 6. The van der Waals surface area contributed by atoms with Crippen LogP contribution in [-0.4, -0.2) is 63.9 Å². The molecule has 2 aliphatic rings. The Morgan fingerprint density at radius 1 is 1.21 bits per heavy atom. The SMILES string of the molecule is CC1CN(c2ccc(CNC(=O)C(C)N3C(=O)c4cccc([N+](=O)[O-])c4C3=O)cn2)CC(C)O1. The Bertz CT molecular complexity index is 1140. The maximum atomic E-state index is 12.8. The van der Waals surface area contributed by atoms with E-state index in [1.54, 1.807) is 6.20 Å². The van der Waals surface area contributed by atoms with Crippen LogP contribution in [-0.2, 0) is 16.1 Å². The molecule has 1 N–H and O–H groups in total. The molecule has 2 aliphatic heterocycles. The van der Waals surface area contributed by atoms with Crippen molar-refractivity contribution in [3.05, 3.63) is 63.3 Å². The lowest BCUT2D eigenvalue weighted by atomic mass is 10.1. The van der Waals surface area contributed by atoms with Crippen LogP contribution in [0.4, 0.5) is 11.5 Å². The molecule has 178 valence electrons. The molecule has 11 heteroatoms. The van der Waals surface area contributed by atoms with Gasteiger partial charge in [-0.2, -0.15) is 0 Å². The van der Waals surface area contributed by atoms with Crippen molar-refractivity contribution in [3.63, 3.8) is 0 Å². The monoisotopic (exact) mass is 467 g/mol. The average molecular weight is 467 g/mol. The smallest absolute Gasteiger partial charge is 0.282 e. The number of nitrogens with zero attached hydrogens (tertiary/aromatic N) is 4. The fourth-order valence-electron chi connectivity index (χ4n) is 4.32. The molecule has 0 bridgehead atoms. The first-order valence-electron chi connectivity index (χ1n) is 11.0. The van der Waals surface area contributed by atoms with Crippen LogP contribution in [0.5, 0.6) is 0 Å². The number of fused-ring (bicyclic) bond motifs is 1. The number of carbonyl (C=O) groups excluding carboxylic acids is 3. The molecule has 0 saturated carbocycles. The summed E-state index contributed by atoms with van der Waals surface area (Å²) in [5.74, 6) is -1.32. The van der Waals surface area contributed by atoms with Gasteiger partial charge in [-0.25, -0.2) is 4.98 Å². The number of nitrogens with one attached hydrogen (secondary N) is 1. The fraction of sp³-hybridized carbons (Fsp3) is 0.391. The van der Waals surface area contributed by atoms with Crippen molar-refractivity contribution in [1.29, 1.82) is 0 Å². The van der Waals surface area contributed by atoms with Crippen LogP contribution in [0.15, 0.2) is 36.5 Å². The van der Waals surface area contributed by atoms with Crippen LogP contribution < -0.4 is 10.2 Å². The Morgan fingerprint density at radius 3 is 2.53 bits per heavy atom. The third-order valence-electron chi connectivity index (χ3n) is 5.91. The Hall–Kier alpha value is -3.86.